The molecule has 1 aromatic rings. The molecule has 0 aromatic carbocycles. The normalized spacial score (nSPS) is 27.9. The van der Waals surface area contributed by atoms with Crippen LogP contribution in [0.15, 0.2) is 12.4 Å². The summed E-state index contributed by atoms with van der Waals surface area (Å²) in [6.07, 6.45) is 10.1. The number of hydrogen-bond donors (Lipinski definition) is 2. The summed E-state index contributed by atoms with van der Waals surface area (Å²) in [6.45, 7) is 5.95. The molecule has 4 rings (SSSR count). The van der Waals surface area contributed by atoms with Gasteiger partial charge >= 0.3 is 0 Å². The van der Waals surface area contributed by atoms with Crippen LogP contribution in [0.3, 0.4) is 0 Å². The fraction of sp³-hybridized carbons (Fsp3) is 0.800. The van der Waals surface area contributed by atoms with Gasteiger partial charge in [0.05, 0.1) is 25.3 Å². The van der Waals surface area contributed by atoms with Gasteiger partial charge in [0, 0.05) is 57.4 Å². The average molecular weight is 412 g/mol. The maximum absolute atomic E-state index is 13.1. The predicted molar refractivity (Wildman–Crippen MR) is 111 cm³/mol. The Morgan fingerprint density at radius 3 is 2.71 bits per heavy atom. The highest BCUT2D eigenvalue weighted by molar-refractivity contribution is 5.85. The van der Waals surface area contributed by atoms with Crippen molar-refractivity contribution in [2.75, 3.05) is 45.9 Å². The van der Waals surface area contributed by atoms with Gasteiger partial charge in [-0.2, -0.15) is 5.10 Å². The van der Waals surface area contributed by atoms with Crippen LogP contribution in [0, 0.1) is 5.92 Å². The number of nitrogens with one attached hydrogen (secondary N) is 2. The second-order valence-electron chi connectivity index (χ2n) is 8.42. The molecule has 7 nitrogen and oxygen atoms in total. The van der Waals surface area contributed by atoms with E-state index in [0.717, 1.165) is 51.5 Å². The van der Waals surface area contributed by atoms with Gasteiger partial charge in [-0.3, -0.25) is 14.4 Å². The Labute approximate surface area is 174 Å². The van der Waals surface area contributed by atoms with Crippen molar-refractivity contribution in [1.29, 1.82) is 0 Å². The van der Waals surface area contributed by atoms with Gasteiger partial charge in [-0.1, -0.05) is 19.3 Å². The highest BCUT2D eigenvalue weighted by Gasteiger charge is 2.40. The van der Waals surface area contributed by atoms with Gasteiger partial charge in [-0.15, -0.1) is 12.4 Å². The maximum Gasteiger partial charge on any atom is 0.225 e. The zero-order valence-corrected chi connectivity index (χ0v) is 17.7. The molecule has 0 radical (unpaired) electrons. The van der Waals surface area contributed by atoms with E-state index in [1.807, 2.05) is 24.1 Å². The molecule has 0 spiro atoms. The number of nitrogens with zero attached hydrogens (tertiary/aromatic N) is 3. The zero-order valence-electron chi connectivity index (χ0n) is 16.9. The van der Waals surface area contributed by atoms with E-state index in [0.29, 0.717) is 0 Å². The number of ether oxygens (including phenoxy) is 1. The van der Waals surface area contributed by atoms with Crippen molar-refractivity contribution < 1.29 is 9.53 Å². The maximum atomic E-state index is 13.1. The van der Waals surface area contributed by atoms with Crippen molar-refractivity contribution >= 4 is 18.3 Å². The quantitative estimate of drug-likeness (QED) is 0.764. The first kappa shape index (κ1) is 21.6. The van der Waals surface area contributed by atoms with Gasteiger partial charge in [0.1, 0.15) is 0 Å². The minimum atomic E-state index is -0.0143. The molecule has 0 unspecified atom stereocenters. The van der Waals surface area contributed by atoms with E-state index in [9.17, 15) is 4.79 Å². The lowest BCUT2D eigenvalue weighted by Gasteiger charge is -2.48. The van der Waals surface area contributed by atoms with Gasteiger partial charge in [0.15, 0.2) is 0 Å². The molecule has 3 heterocycles. The van der Waals surface area contributed by atoms with Crippen molar-refractivity contribution in [2.24, 2.45) is 13.0 Å². The van der Waals surface area contributed by atoms with Crippen LogP contribution in [0.1, 0.15) is 43.6 Å². The van der Waals surface area contributed by atoms with Gasteiger partial charge in [0.25, 0.3) is 0 Å². The minimum absolute atomic E-state index is 0. The number of morpholine rings is 1. The molecule has 0 bridgehead atoms. The Hall–Kier alpha value is -1.15. The van der Waals surface area contributed by atoms with E-state index in [4.69, 9.17) is 4.74 Å². The first-order valence-electron chi connectivity index (χ1n) is 10.5. The van der Waals surface area contributed by atoms with E-state index in [1.165, 1.54) is 32.1 Å². The van der Waals surface area contributed by atoms with Gasteiger partial charge in [-0.05, 0) is 18.4 Å². The van der Waals surface area contributed by atoms with Crippen molar-refractivity contribution in [2.45, 2.75) is 43.6 Å². The number of hydrogen-bond acceptors (Lipinski definition) is 5. The molecule has 1 aromatic heterocycles. The number of carbonyl (C=O) groups is 1. The lowest BCUT2D eigenvalue weighted by atomic mass is 9.79. The van der Waals surface area contributed by atoms with Crippen molar-refractivity contribution in [3.05, 3.63) is 18.0 Å². The van der Waals surface area contributed by atoms with Crippen LogP contribution >= 0.6 is 12.4 Å². The summed E-state index contributed by atoms with van der Waals surface area (Å²) in [5.74, 6) is 0.385. The molecule has 1 amide bonds. The Bertz CT molecular complexity index is 640. The molecular formula is C20H34ClN5O2. The largest absolute Gasteiger partial charge is 0.379 e. The van der Waals surface area contributed by atoms with Crippen LogP contribution < -0.4 is 10.6 Å². The fourth-order valence-electron chi connectivity index (χ4n) is 5.17. The lowest BCUT2D eigenvalue weighted by molar-refractivity contribution is -0.126. The SMILES string of the molecule is Cl.Cn1cc([C@H]2CNC[C@@H]2C(=O)NCC2(N3CCOCC3)CCCCC2)cn1. The van der Waals surface area contributed by atoms with E-state index >= 15 is 0 Å². The first-order valence-corrected chi connectivity index (χ1v) is 10.5. The Balaban J connectivity index is 0.00000225. The van der Waals surface area contributed by atoms with Crippen LogP contribution in [-0.4, -0.2) is 72.1 Å². The summed E-state index contributed by atoms with van der Waals surface area (Å²) in [6, 6.07) is 0. The van der Waals surface area contributed by atoms with Crippen LogP contribution in [-0.2, 0) is 16.6 Å². The molecular weight excluding hydrogens is 378 g/mol. The summed E-state index contributed by atoms with van der Waals surface area (Å²) >= 11 is 0. The van der Waals surface area contributed by atoms with Crippen LogP contribution in [0.5, 0.6) is 0 Å². The third-order valence-electron chi connectivity index (χ3n) is 6.76. The average Bonchev–Trinajstić information content (AvgIpc) is 3.36. The summed E-state index contributed by atoms with van der Waals surface area (Å²) in [7, 11) is 1.93. The van der Waals surface area contributed by atoms with Crippen molar-refractivity contribution in [3.63, 3.8) is 0 Å². The topological polar surface area (TPSA) is 71.4 Å². The second kappa shape index (κ2) is 9.57. The number of rotatable bonds is 5. The van der Waals surface area contributed by atoms with Gasteiger partial charge < -0.3 is 15.4 Å². The number of carbonyl (C=O) groups excluding carboxylic acids is 1. The smallest absolute Gasteiger partial charge is 0.225 e. The monoisotopic (exact) mass is 411 g/mol. The summed E-state index contributed by atoms with van der Waals surface area (Å²) < 4.78 is 7.38. The third kappa shape index (κ3) is 4.53. The minimum Gasteiger partial charge on any atom is -0.379 e. The van der Waals surface area contributed by atoms with E-state index < -0.39 is 0 Å². The molecule has 2 N–H and O–H groups in total. The van der Waals surface area contributed by atoms with Crippen molar-refractivity contribution in [1.82, 2.24) is 25.3 Å². The van der Waals surface area contributed by atoms with Gasteiger partial charge in [-0.25, -0.2) is 0 Å². The summed E-state index contributed by atoms with van der Waals surface area (Å²) in [4.78, 5) is 15.7. The van der Waals surface area contributed by atoms with E-state index in [-0.39, 0.29) is 35.7 Å². The molecule has 2 aliphatic heterocycles. The molecule has 3 aliphatic rings. The molecule has 1 aliphatic carbocycles. The molecule has 158 valence electrons. The van der Waals surface area contributed by atoms with Crippen molar-refractivity contribution in [3.8, 4) is 0 Å². The zero-order chi connectivity index (χ0) is 18.7. The predicted octanol–water partition coefficient (Wildman–Crippen LogP) is 1.30. The molecule has 2 saturated heterocycles. The standard InChI is InChI=1S/C20H33N5O2.ClH/c1-24-14-16(11-23-24)17-12-21-13-18(17)19(26)22-15-20(5-3-2-4-6-20)25-7-9-27-10-8-25;/h11,14,17-18,21H,2-10,12-13,15H2,1H3,(H,22,26);1H/t17-,18+;/m1./s1. The summed E-state index contributed by atoms with van der Waals surface area (Å²) in [5.41, 5.74) is 1.27. The molecule has 2 atom stereocenters. The Morgan fingerprint density at radius 1 is 1.29 bits per heavy atom. The van der Waals surface area contributed by atoms with E-state index in [1.54, 1.807) is 0 Å². The Morgan fingerprint density at radius 2 is 2.04 bits per heavy atom. The fourth-order valence-corrected chi connectivity index (χ4v) is 5.17. The molecule has 1 saturated carbocycles. The van der Waals surface area contributed by atoms with Crippen LogP contribution in [0.4, 0.5) is 0 Å². The van der Waals surface area contributed by atoms with Crippen LogP contribution in [0.2, 0.25) is 0 Å². The Kier molecular flexibility index (Phi) is 7.36. The molecule has 8 heteroatoms. The molecule has 28 heavy (non-hydrogen) atoms. The summed E-state index contributed by atoms with van der Waals surface area (Å²) in [5, 5.41) is 11.0. The van der Waals surface area contributed by atoms with E-state index in [2.05, 4.69) is 20.6 Å². The molecule has 3 fully saturated rings. The second-order valence-corrected chi connectivity index (χ2v) is 8.42. The number of aryl methyl sites for hydroxylation is 1. The highest BCUT2D eigenvalue weighted by atomic mass is 35.5. The van der Waals surface area contributed by atoms with Gasteiger partial charge in [0.2, 0.25) is 5.91 Å². The number of halogens is 1. The number of aromatic nitrogens is 2. The first-order chi connectivity index (χ1) is 13.2. The highest BCUT2D eigenvalue weighted by Crippen LogP contribution is 2.34. The number of amides is 1. The van der Waals surface area contributed by atoms with Crippen LogP contribution in [0.25, 0.3) is 0 Å². The third-order valence-corrected chi connectivity index (χ3v) is 6.76. The lowest BCUT2D eigenvalue weighted by Crippen LogP contribution is -2.60.